The number of amides is 1. The highest BCUT2D eigenvalue weighted by Crippen LogP contribution is 2.22. The first-order valence-electron chi connectivity index (χ1n) is 23.0. The molecule has 0 aromatic carbocycles. The van der Waals surface area contributed by atoms with Crippen LogP contribution in [0.5, 0.6) is 0 Å². The Labute approximate surface area is 347 Å². The van der Waals surface area contributed by atoms with Gasteiger partial charge in [0.05, 0.1) is 25.4 Å². The Kier molecular flexibility index (Phi) is 35.4. The Morgan fingerprint density at radius 3 is 1.67 bits per heavy atom. The van der Waals surface area contributed by atoms with Crippen molar-refractivity contribution in [1.29, 1.82) is 0 Å². The Hall–Kier alpha value is -2.11. The summed E-state index contributed by atoms with van der Waals surface area (Å²) in [5.74, 6) is -0.201. The molecule has 0 aromatic rings. The van der Waals surface area contributed by atoms with Gasteiger partial charge >= 0.3 is 0 Å². The summed E-state index contributed by atoms with van der Waals surface area (Å²) < 4.78 is 11.1. The van der Waals surface area contributed by atoms with Crippen molar-refractivity contribution < 1.29 is 39.8 Å². The topological polar surface area (TPSA) is 149 Å². The highest BCUT2D eigenvalue weighted by Gasteiger charge is 2.44. The predicted molar refractivity (Wildman–Crippen MR) is 235 cm³/mol. The normalized spacial score (nSPS) is 21.6. The molecular weight excluding hydrogens is 719 g/mol. The van der Waals surface area contributed by atoms with Crippen LogP contribution in [-0.2, 0) is 14.3 Å². The molecule has 1 aliphatic heterocycles. The lowest BCUT2D eigenvalue weighted by molar-refractivity contribution is -0.302. The Morgan fingerprint density at radius 1 is 0.632 bits per heavy atom. The smallest absolute Gasteiger partial charge is 0.220 e. The van der Waals surface area contributed by atoms with Crippen LogP contribution in [0.25, 0.3) is 0 Å². The average molecular weight is 804 g/mol. The summed E-state index contributed by atoms with van der Waals surface area (Å²) >= 11 is 0. The maximum atomic E-state index is 12.9. The van der Waals surface area contributed by atoms with Gasteiger partial charge in [0, 0.05) is 6.42 Å². The molecule has 9 nitrogen and oxygen atoms in total. The van der Waals surface area contributed by atoms with Crippen LogP contribution in [-0.4, -0.2) is 87.5 Å². The van der Waals surface area contributed by atoms with Gasteiger partial charge < -0.3 is 40.3 Å². The fourth-order valence-corrected chi connectivity index (χ4v) is 6.93. The Bertz CT molecular complexity index is 1070. The molecule has 0 aliphatic carbocycles. The Balaban J connectivity index is 2.24. The first kappa shape index (κ1) is 52.9. The van der Waals surface area contributed by atoms with Gasteiger partial charge in [0.2, 0.25) is 5.91 Å². The second-order valence-electron chi connectivity index (χ2n) is 15.8. The van der Waals surface area contributed by atoms with E-state index >= 15 is 0 Å². The number of carbonyl (C=O) groups is 1. The van der Waals surface area contributed by atoms with Gasteiger partial charge in [-0.3, -0.25) is 4.79 Å². The van der Waals surface area contributed by atoms with Crippen LogP contribution < -0.4 is 5.32 Å². The van der Waals surface area contributed by atoms with E-state index in [9.17, 15) is 30.3 Å². The SMILES string of the molecule is C/C=C/CC/C=C/CC/C=C/C(O)C(COC1OC(CO)C(O)C(O)C1O)NC(=O)CCCCCCCCCCC/C=C\C/C=C\CCCCCCCCCCC. The van der Waals surface area contributed by atoms with Crippen LogP contribution in [0, 0.1) is 0 Å². The number of hydrogen-bond donors (Lipinski definition) is 6. The van der Waals surface area contributed by atoms with E-state index in [1.54, 1.807) is 6.08 Å². The van der Waals surface area contributed by atoms with E-state index in [1.165, 1.54) is 96.3 Å². The molecule has 0 saturated carbocycles. The van der Waals surface area contributed by atoms with E-state index in [0.29, 0.717) is 6.42 Å². The number of carbonyl (C=O) groups excluding carboxylic acids is 1. The lowest BCUT2D eigenvalue weighted by Gasteiger charge is -2.40. The quantitative estimate of drug-likeness (QED) is 0.0269. The van der Waals surface area contributed by atoms with Gasteiger partial charge in [0.25, 0.3) is 0 Å². The zero-order chi connectivity index (χ0) is 41.6. The summed E-state index contributed by atoms with van der Waals surface area (Å²) in [5.41, 5.74) is 0. The first-order chi connectivity index (χ1) is 27.8. The van der Waals surface area contributed by atoms with Crippen LogP contribution >= 0.6 is 0 Å². The van der Waals surface area contributed by atoms with Crippen LogP contribution in [0.1, 0.15) is 181 Å². The van der Waals surface area contributed by atoms with E-state index in [-0.39, 0.29) is 12.5 Å². The molecule has 0 radical (unpaired) electrons. The van der Waals surface area contributed by atoms with Crippen molar-refractivity contribution in [3.05, 3.63) is 60.8 Å². The summed E-state index contributed by atoms with van der Waals surface area (Å²) in [6.07, 6.45) is 43.0. The zero-order valence-corrected chi connectivity index (χ0v) is 36.1. The molecule has 1 aliphatic rings. The third-order valence-corrected chi connectivity index (χ3v) is 10.6. The fraction of sp³-hybridized carbons (Fsp3) is 0.771. The number of aliphatic hydroxyl groups excluding tert-OH is 5. The van der Waals surface area contributed by atoms with Gasteiger partial charge in [0.15, 0.2) is 6.29 Å². The molecule has 57 heavy (non-hydrogen) atoms. The molecule has 1 amide bonds. The van der Waals surface area contributed by atoms with Gasteiger partial charge in [-0.25, -0.2) is 0 Å². The minimum atomic E-state index is -1.58. The summed E-state index contributed by atoms with van der Waals surface area (Å²) in [5, 5.41) is 53.9. The van der Waals surface area contributed by atoms with Crippen molar-refractivity contribution in [3.8, 4) is 0 Å². The zero-order valence-electron chi connectivity index (χ0n) is 36.1. The third kappa shape index (κ3) is 28.9. The molecule has 1 fully saturated rings. The minimum Gasteiger partial charge on any atom is -0.394 e. The maximum Gasteiger partial charge on any atom is 0.220 e. The minimum absolute atomic E-state index is 0.201. The van der Waals surface area contributed by atoms with Gasteiger partial charge in [-0.1, -0.05) is 164 Å². The monoisotopic (exact) mass is 804 g/mol. The molecule has 0 bridgehead atoms. The average Bonchev–Trinajstić information content (AvgIpc) is 3.21. The number of allylic oxidation sites excluding steroid dienone is 9. The number of aliphatic hydroxyl groups is 5. The number of unbranched alkanes of at least 4 members (excludes halogenated alkanes) is 20. The van der Waals surface area contributed by atoms with Gasteiger partial charge in [-0.05, 0) is 71.1 Å². The van der Waals surface area contributed by atoms with Crippen molar-refractivity contribution in [3.63, 3.8) is 0 Å². The molecule has 1 rings (SSSR count). The largest absolute Gasteiger partial charge is 0.394 e. The lowest BCUT2D eigenvalue weighted by Crippen LogP contribution is -2.60. The Morgan fingerprint density at radius 2 is 1.12 bits per heavy atom. The summed E-state index contributed by atoms with van der Waals surface area (Å²) in [6.45, 7) is 3.50. The summed E-state index contributed by atoms with van der Waals surface area (Å²) in [7, 11) is 0. The molecular formula is C48H85NO8. The van der Waals surface area contributed by atoms with Crippen LogP contribution in [0.4, 0.5) is 0 Å². The standard InChI is InChI=1S/C48H85NO8/c1-3-5-7-9-11-13-14-15-16-17-18-19-20-21-22-23-24-25-26-27-28-30-32-34-36-38-44(52)49-41(42(51)37-35-33-31-29-12-10-8-6-4-2)40-56-48-47(55)46(54)45(53)43(39-50)57-48/h4,6,12,18-19,21-22,29,35,37,41-43,45-48,50-51,53-55H,3,5,7-11,13-17,20,23-28,30-34,36,38-40H2,1-2H3,(H,49,52)/b6-4+,19-18-,22-21-,29-12+,37-35+. The van der Waals surface area contributed by atoms with Gasteiger partial charge in [-0.15, -0.1) is 0 Å². The molecule has 7 unspecified atom stereocenters. The van der Waals surface area contributed by atoms with Crippen LogP contribution in [0.3, 0.4) is 0 Å². The first-order valence-corrected chi connectivity index (χ1v) is 23.0. The summed E-state index contributed by atoms with van der Waals surface area (Å²) in [4.78, 5) is 12.9. The van der Waals surface area contributed by atoms with E-state index in [1.807, 2.05) is 19.1 Å². The molecule has 0 spiro atoms. The van der Waals surface area contributed by atoms with Crippen LogP contribution in [0.15, 0.2) is 60.8 Å². The molecule has 9 heteroatoms. The van der Waals surface area contributed by atoms with E-state index in [2.05, 4.69) is 54.8 Å². The predicted octanol–water partition coefficient (Wildman–Crippen LogP) is 9.61. The number of hydrogen-bond acceptors (Lipinski definition) is 8. The molecule has 7 atom stereocenters. The van der Waals surface area contributed by atoms with Crippen molar-refractivity contribution in [2.75, 3.05) is 13.2 Å². The summed E-state index contributed by atoms with van der Waals surface area (Å²) in [6, 6.07) is -0.830. The van der Waals surface area contributed by atoms with Crippen molar-refractivity contribution in [2.45, 2.75) is 224 Å². The van der Waals surface area contributed by atoms with E-state index in [4.69, 9.17) is 9.47 Å². The highest BCUT2D eigenvalue weighted by atomic mass is 16.7. The molecule has 330 valence electrons. The molecule has 1 saturated heterocycles. The van der Waals surface area contributed by atoms with Crippen LogP contribution in [0.2, 0.25) is 0 Å². The fourth-order valence-electron chi connectivity index (χ4n) is 6.93. The van der Waals surface area contributed by atoms with E-state index in [0.717, 1.165) is 64.2 Å². The maximum absolute atomic E-state index is 12.9. The number of rotatable bonds is 37. The molecule has 0 aromatic heterocycles. The van der Waals surface area contributed by atoms with Gasteiger partial charge in [0.1, 0.15) is 24.4 Å². The lowest BCUT2D eigenvalue weighted by atomic mass is 9.99. The number of ether oxygens (including phenoxy) is 2. The molecule has 1 heterocycles. The van der Waals surface area contributed by atoms with Crippen molar-refractivity contribution in [2.24, 2.45) is 0 Å². The number of nitrogens with one attached hydrogen (secondary N) is 1. The van der Waals surface area contributed by atoms with E-state index < -0.39 is 49.5 Å². The van der Waals surface area contributed by atoms with Crippen molar-refractivity contribution >= 4 is 5.91 Å². The second-order valence-corrected chi connectivity index (χ2v) is 15.8. The van der Waals surface area contributed by atoms with Crippen molar-refractivity contribution in [1.82, 2.24) is 5.32 Å². The molecule has 6 N–H and O–H groups in total. The second kappa shape index (κ2) is 38.1. The third-order valence-electron chi connectivity index (χ3n) is 10.6. The van der Waals surface area contributed by atoms with Gasteiger partial charge in [-0.2, -0.15) is 0 Å². The highest BCUT2D eigenvalue weighted by molar-refractivity contribution is 5.76.